The third-order valence-electron chi connectivity index (χ3n) is 3.55. The van der Waals surface area contributed by atoms with Gasteiger partial charge in [-0.2, -0.15) is 0 Å². The van der Waals surface area contributed by atoms with Gasteiger partial charge >= 0.3 is 0 Å². The maximum atomic E-state index is 12.0. The van der Waals surface area contributed by atoms with Crippen LogP contribution in [0.2, 0.25) is 5.02 Å². The molecule has 0 aliphatic heterocycles. The molecule has 0 fully saturated rings. The first kappa shape index (κ1) is 19.8. The number of halogens is 1. The zero-order chi connectivity index (χ0) is 18.8. The summed E-state index contributed by atoms with van der Waals surface area (Å²) in [5.74, 6) is -0.360. The first-order valence-corrected chi connectivity index (χ1v) is 8.63. The van der Waals surface area contributed by atoms with Crippen LogP contribution in [-0.2, 0) is 9.53 Å². The van der Waals surface area contributed by atoms with Gasteiger partial charge in [-0.1, -0.05) is 23.7 Å². The minimum Gasteiger partial charge on any atom is -0.385 e. The lowest BCUT2D eigenvalue weighted by molar-refractivity contribution is -0.114. The third kappa shape index (κ3) is 6.38. The van der Waals surface area contributed by atoms with Gasteiger partial charge in [0, 0.05) is 31.5 Å². The van der Waals surface area contributed by atoms with Gasteiger partial charge in [-0.3, -0.25) is 9.59 Å². The Bertz CT molecular complexity index is 735. The van der Waals surface area contributed by atoms with E-state index >= 15 is 0 Å². The molecule has 3 N–H and O–H groups in total. The molecule has 0 aliphatic carbocycles. The highest BCUT2D eigenvalue weighted by atomic mass is 35.5. The van der Waals surface area contributed by atoms with Crippen LogP contribution in [0.15, 0.2) is 48.5 Å². The highest BCUT2D eigenvalue weighted by molar-refractivity contribution is 6.33. The van der Waals surface area contributed by atoms with Crippen LogP contribution in [0.5, 0.6) is 0 Å². The van der Waals surface area contributed by atoms with Crippen LogP contribution in [0.4, 0.5) is 11.4 Å². The molecular formula is C19H22ClN3O3. The van der Waals surface area contributed by atoms with Gasteiger partial charge in [-0.05, 0) is 42.8 Å². The molecule has 26 heavy (non-hydrogen) atoms. The molecule has 2 amide bonds. The van der Waals surface area contributed by atoms with Crippen molar-refractivity contribution in [3.8, 4) is 0 Å². The lowest BCUT2D eigenvalue weighted by atomic mass is 10.2. The number of anilines is 2. The van der Waals surface area contributed by atoms with E-state index in [4.69, 9.17) is 16.3 Å². The molecule has 7 heteroatoms. The van der Waals surface area contributed by atoms with Crippen LogP contribution in [0.1, 0.15) is 16.8 Å². The van der Waals surface area contributed by atoms with Crippen molar-refractivity contribution in [3.63, 3.8) is 0 Å². The summed E-state index contributed by atoms with van der Waals surface area (Å²) < 4.78 is 4.93. The van der Waals surface area contributed by atoms with Crippen molar-refractivity contribution < 1.29 is 14.3 Å². The molecule has 6 nitrogen and oxygen atoms in total. The van der Waals surface area contributed by atoms with E-state index in [0.717, 1.165) is 6.42 Å². The van der Waals surface area contributed by atoms with Crippen molar-refractivity contribution in [1.82, 2.24) is 5.32 Å². The van der Waals surface area contributed by atoms with E-state index in [9.17, 15) is 9.59 Å². The number of amides is 2. The maximum Gasteiger partial charge on any atom is 0.251 e. The lowest BCUT2D eigenvalue weighted by Gasteiger charge is -2.10. The van der Waals surface area contributed by atoms with Crippen molar-refractivity contribution >= 4 is 34.8 Å². The van der Waals surface area contributed by atoms with Gasteiger partial charge in [-0.25, -0.2) is 0 Å². The molecule has 0 spiro atoms. The smallest absolute Gasteiger partial charge is 0.251 e. The number of methoxy groups -OCH3 is 1. The van der Waals surface area contributed by atoms with E-state index < -0.39 is 0 Å². The second kappa shape index (κ2) is 10.4. The van der Waals surface area contributed by atoms with E-state index in [1.807, 2.05) is 12.1 Å². The Morgan fingerprint density at radius 2 is 1.81 bits per heavy atom. The molecule has 2 aromatic rings. The summed E-state index contributed by atoms with van der Waals surface area (Å²) in [5.41, 5.74) is 1.85. The molecule has 0 atom stereocenters. The van der Waals surface area contributed by atoms with E-state index in [1.54, 1.807) is 43.5 Å². The molecule has 2 rings (SSSR count). The molecule has 2 aromatic carbocycles. The van der Waals surface area contributed by atoms with Crippen molar-refractivity contribution in [2.24, 2.45) is 0 Å². The van der Waals surface area contributed by atoms with Gasteiger partial charge in [0.15, 0.2) is 0 Å². The fourth-order valence-electron chi connectivity index (χ4n) is 2.21. The second-order valence-corrected chi connectivity index (χ2v) is 5.97. The summed E-state index contributed by atoms with van der Waals surface area (Å²) in [6.45, 7) is 1.25. The Morgan fingerprint density at radius 3 is 2.50 bits per heavy atom. The number of nitrogens with one attached hydrogen (secondary N) is 3. The summed E-state index contributed by atoms with van der Waals surface area (Å²) in [4.78, 5) is 24.0. The molecule has 0 aromatic heterocycles. The van der Waals surface area contributed by atoms with E-state index in [2.05, 4.69) is 16.0 Å². The molecule has 138 valence electrons. The summed E-state index contributed by atoms with van der Waals surface area (Å²) in [5, 5.41) is 9.11. The van der Waals surface area contributed by atoms with Crippen LogP contribution in [0, 0.1) is 0 Å². The van der Waals surface area contributed by atoms with Crippen molar-refractivity contribution in [1.29, 1.82) is 0 Å². The highest BCUT2D eigenvalue weighted by Gasteiger charge is 2.07. The van der Waals surface area contributed by atoms with Crippen molar-refractivity contribution in [3.05, 3.63) is 59.1 Å². The summed E-state index contributed by atoms with van der Waals surface area (Å²) in [7, 11) is 1.62. The van der Waals surface area contributed by atoms with Crippen LogP contribution in [0.3, 0.4) is 0 Å². The van der Waals surface area contributed by atoms with Gasteiger partial charge in [0.05, 0.1) is 17.3 Å². The monoisotopic (exact) mass is 375 g/mol. The topological polar surface area (TPSA) is 79.5 Å². The average molecular weight is 376 g/mol. The van der Waals surface area contributed by atoms with Crippen molar-refractivity contribution in [2.75, 3.05) is 37.4 Å². The van der Waals surface area contributed by atoms with Gasteiger partial charge in [0.1, 0.15) is 0 Å². The van der Waals surface area contributed by atoms with Gasteiger partial charge in [0.2, 0.25) is 5.91 Å². The SMILES string of the molecule is COCCCNC(=O)c1ccc(NC(=O)CNc2ccccc2Cl)cc1. The number of carbonyl (C=O) groups is 2. The Morgan fingerprint density at radius 1 is 1.08 bits per heavy atom. The summed E-state index contributed by atoms with van der Waals surface area (Å²) >= 11 is 6.03. The number of para-hydroxylation sites is 1. The summed E-state index contributed by atoms with van der Waals surface area (Å²) in [6, 6.07) is 13.9. The first-order chi connectivity index (χ1) is 12.6. The lowest BCUT2D eigenvalue weighted by Crippen LogP contribution is -2.25. The molecule has 0 heterocycles. The number of hydrogen-bond acceptors (Lipinski definition) is 4. The molecule has 0 radical (unpaired) electrons. The molecule has 0 saturated carbocycles. The first-order valence-electron chi connectivity index (χ1n) is 8.25. The standard InChI is InChI=1S/C19H22ClN3O3/c1-26-12-4-11-21-19(25)14-7-9-15(10-8-14)23-18(24)13-22-17-6-3-2-5-16(17)20/h2-3,5-10,22H,4,11-13H2,1H3,(H,21,25)(H,23,24). The number of benzene rings is 2. The van der Waals surface area contributed by atoms with Gasteiger partial charge in [-0.15, -0.1) is 0 Å². The minimum atomic E-state index is -0.207. The Balaban J connectivity index is 1.80. The maximum absolute atomic E-state index is 12.0. The van der Waals surface area contributed by atoms with E-state index in [0.29, 0.717) is 35.1 Å². The van der Waals surface area contributed by atoms with E-state index in [1.165, 1.54) is 0 Å². The van der Waals surface area contributed by atoms with Crippen LogP contribution in [-0.4, -0.2) is 38.6 Å². The number of hydrogen-bond donors (Lipinski definition) is 3. The molecule has 0 aliphatic rings. The Hall–Kier alpha value is -2.57. The van der Waals surface area contributed by atoms with Gasteiger partial charge < -0.3 is 20.7 Å². The molecule has 0 unspecified atom stereocenters. The minimum absolute atomic E-state index is 0.0888. The Kier molecular flexibility index (Phi) is 7.92. The second-order valence-electron chi connectivity index (χ2n) is 5.56. The van der Waals surface area contributed by atoms with E-state index in [-0.39, 0.29) is 18.4 Å². The highest BCUT2D eigenvalue weighted by Crippen LogP contribution is 2.20. The molecule has 0 bridgehead atoms. The predicted molar refractivity (Wildman–Crippen MR) is 104 cm³/mol. The quantitative estimate of drug-likeness (QED) is 0.588. The normalized spacial score (nSPS) is 10.2. The summed E-state index contributed by atoms with van der Waals surface area (Å²) in [6.07, 6.45) is 0.759. The number of carbonyl (C=O) groups excluding carboxylic acids is 2. The zero-order valence-electron chi connectivity index (χ0n) is 14.5. The van der Waals surface area contributed by atoms with Crippen molar-refractivity contribution in [2.45, 2.75) is 6.42 Å². The molecular weight excluding hydrogens is 354 g/mol. The van der Waals surface area contributed by atoms with Crippen LogP contribution >= 0.6 is 11.6 Å². The predicted octanol–water partition coefficient (Wildman–Crippen LogP) is 3.16. The number of rotatable bonds is 9. The Labute approximate surface area is 157 Å². The van der Waals surface area contributed by atoms with Crippen LogP contribution in [0.25, 0.3) is 0 Å². The number of ether oxygens (including phenoxy) is 1. The fraction of sp³-hybridized carbons (Fsp3) is 0.263. The third-order valence-corrected chi connectivity index (χ3v) is 3.88. The molecule has 0 saturated heterocycles. The average Bonchev–Trinajstić information content (AvgIpc) is 2.65. The van der Waals surface area contributed by atoms with Crippen LogP contribution < -0.4 is 16.0 Å². The van der Waals surface area contributed by atoms with Gasteiger partial charge in [0.25, 0.3) is 5.91 Å². The zero-order valence-corrected chi connectivity index (χ0v) is 15.3. The fourth-order valence-corrected chi connectivity index (χ4v) is 2.41. The largest absolute Gasteiger partial charge is 0.385 e.